The molecule has 3 aromatic carbocycles. The van der Waals surface area contributed by atoms with Gasteiger partial charge in [-0.05, 0) is 48.5 Å². The fourth-order valence-corrected chi connectivity index (χ4v) is 4.77. The molecular formula is C30H24Cl2N2O6. The van der Waals surface area contributed by atoms with Crippen LogP contribution in [-0.4, -0.2) is 35.3 Å². The van der Waals surface area contributed by atoms with Crippen molar-refractivity contribution in [3.05, 3.63) is 106 Å². The molecule has 1 aliphatic rings. The Balaban J connectivity index is 1.18. The second-order valence-electron chi connectivity index (χ2n) is 8.96. The third-order valence-corrected chi connectivity index (χ3v) is 6.88. The van der Waals surface area contributed by atoms with E-state index in [0.717, 1.165) is 17.0 Å². The number of amides is 1. The van der Waals surface area contributed by atoms with Gasteiger partial charge < -0.3 is 24.6 Å². The number of pyridine rings is 1. The second-order valence-corrected chi connectivity index (χ2v) is 9.77. The number of hydrogen-bond donors (Lipinski definition) is 2. The summed E-state index contributed by atoms with van der Waals surface area (Å²) in [4.78, 5) is 28.3. The van der Waals surface area contributed by atoms with Crippen molar-refractivity contribution in [2.75, 3.05) is 13.2 Å². The average Bonchev–Trinajstić information content (AvgIpc) is 2.94. The number of carbonyl (C=O) groups is 2. The smallest absolute Gasteiger partial charge is 0.493 e. The minimum absolute atomic E-state index is 0.224. The predicted octanol–water partition coefficient (Wildman–Crippen LogP) is 7.34. The number of rotatable bonds is 8. The summed E-state index contributed by atoms with van der Waals surface area (Å²) in [6.45, 7) is 0.714. The molecule has 1 amide bonds. The Morgan fingerprint density at radius 1 is 1.00 bits per heavy atom. The maximum atomic E-state index is 12.7. The standard InChI is InChI=1S/C30H24Cl2N2O6/c31-23-6-2-1-5-21(23)25-7-3-4-19(34-25)12-14-33-29(35)18-8-10-20(11-9-18)39-28-17-27-22(16-24(28)32)26(13-15-38-27)40-30(36)37/h1-11,16-17,26H,12-15H2,(H,33,35)(H,36,37). The molecule has 10 heteroatoms. The van der Waals surface area contributed by atoms with E-state index in [1.165, 1.54) is 0 Å². The zero-order chi connectivity index (χ0) is 28.1. The van der Waals surface area contributed by atoms with Gasteiger partial charge in [0.1, 0.15) is 23.4 Å². The molecule has 0 saturated carbocycles. The largest absolute Gasteiger partial charge is 0.506 e. The summed E-state index contributed by atoms with van der Waals surface area (Å²) in [5.41, 5.74) is 3.50. The first-order valence-electron chi connectivity index (χ1n) is 12.5. The van der Waals surface area contributed by atoms with Crippen molar-refractivity contribution in [3.8, 4) is 28.5 Å². The Labute approximate surface area is 240 Å². The molecule has 1 unspecified atom stereocenters. The number of ether oxygens (including phenoxy) is 3. The van der Waals surface area contributed by atoms with Crippen LogP contribution < -0.4 is 14.8 Å². The van der Waals surface area contributed by atoms with Gasteiger partial charge in [-0.2, -0.15) is 0 Å². The topological polar surface area (TPSA) is 107 Å². The number of carboxylic acid groups (broad SMARTS) is 1. The van der Waals surface area contributed by atoms with Crippen molar-refractivity contribution in [2.45, 2.75) is 18.9 Å². The molecule has 5 rings (SSSR count). The molecule has 1 atom stereocenters. The van der Waals surface area contributed by atoms with E-state index >= 15 is 0 Å². The van der Waals surface area contributed by atoms with E-state index in [-0.39, 0.29) is 10.9 Å². The van der Waals surface area contributed by atoms with Crippen LogP contribution in [0, 0.1) is 0 Å². The van der Waals surface area contributed by atoms with Crippen LogP contribution in [0.1, 0.15) is 34.1 Å². The third-order valence-electron chi connectivity index (χ3n) is 6.26. The van der Waals surface area contributed by atoms with E-state index in [1.807, 2.05) is 42.5 Å². The van der Waals surface area contributed by atoms with Crippen LogP contribution in [0.3, 0.4) is 0 Å². The first-order chi connectivity index (χ1) is 19.4. The summed E-state index contributed by atoms with van der Waals surface area (Å²) in [5, 5.41) is 12.8. The van der Waals surface area contributed by atoms with Crippen molar-refractivity contribution in [2.24, 2.45) is 0 Å². The maximum absolute atomic E-state index is 12.7. The molecule has 0 aliphatic carbocycles. The van der Waals surface area contributed by atoms with Crippen LogP contribution in [0.4, 0.5) is 4.79 Å². The minimum atomic E-state index is -1.36. The summed E-state index contributed by atoms with van der Waals surface area (Å²) >= 11 is 12.7. The molecule has 0 fully saturated rings. The summed E-state index contributed by atoms with van der Waals surface area (Å²) < 4.78 is 16.5. The molecule has 0 radical (unpaired) electrons. The zero-order valence-corrected chi connectivity index (χ0v) is 22.6. The quantitative estimate of drug-likeness (QED) is 0.210. The van der Waals surface area contributed by atoms with Gasteiger partial charge in [-0.1, -0.05) is 47.5 Å². The number of halogens is 2. The Bertz CT molecular complexity index is 1540. The van der Waals surface area contributed by atoms with Gasteiger partial charge in [0.15, 0.2) is 0 Å². The molecule has 1 aliphatic heterocycles. The first kappa shape index (κ1) is 27.3. The number of benzene rings is 3. The van der Waals surface area contributed by atoms with Crippen LogP contribution in [0.5, 0.6) is 17.2 Å². The number of carbonyl (C=O) groups excluding carboxylic acids is 1. The monoisotopic (exact) mass is 578 g/mol. The van der Waals surface area contributed by atoms with E-state index < -0.39 is 12.3 Å². The highest BCUT2D eigenvalue weighted by Gasteiger charge is 2.27. The summed E-state index contributed by atoms with van der Waals surface area (Å²) in [5.74, 6) is 1.02. The maximum Gasteiger partial charge on any atom is 0.506 e. The van der Waals surface area contributed by atoms with Crippen molar-refractivity contribution in [1.82, 2.24) is 10.3 Å². The molecule has 1 aromatic heterocycles. The zero-order valence-electron chi connectivity index (χ0n) is 21.1. The highest BCUT2D eigenvalue weighted by Crippen LogP contribution is 2.42. The molecule has 0 bridgehead atoms. The summed E-state index contributed by atoms with van der Waals surface area (Å²) in [7, 11) is 0. The third kappa shape index (κ3) is 6.47. The van der Waals surface area contributed by atoms with Crippen molar-refractivity contribution in [3.63, 3.8) is 0 Å². The van der Waals surface area contributed by atoms with E-state index in [1.54, 1.807) is 36.4 Å². The normalized spacial score (nSPS) is 14.0. The molecule has 40 heavy (non-hydrogen) atoms. The van der Waals surface area contributed by atoms with Crippen LogP contribution in [0.2, 0.25) is 10.0 Å². The minimum Gasteiger partial charge on any atom is -0.493 e. The lowest BCUT2D eigenvalue weighted by atomic mass is 10.0. The van der Waals surface area contributed by atoms with Crippen LogP contribution in [0.15, 0.2) is 78.9 Å². The highest BCUT2D eigenvalue weighted by atomic mass is 35.5. The van der Waals surface area contributed by atoms with Gasteiger partial charge in [0.2, 0.25) is 0 Å². The Hall–Kier alpha value is -4.27. The van der Waals surface area contributed by atoms with Crippen LogP contribution >= 0.6 is 23.2 Å². The average molecular weight is 579 g/mol. The van der Waals surface area contributed by atoms with Crippen molar-refractivity contribution in [1.29, 1.82) is 0 Å². The summed E-state index contributed by atoms with van der Waals surface area (Å²) in [6.07, 6.45) is -1.07. The Morgan fingerprint density at radius 2 is 1.80 bits per heavy atom. The van der Waals surface area contributed by atoms with Crippen molar-refractivity contribution >= 4 is 35.3 Å². The highest BCUT2D eigenvalue weighted by molar-refractivity contribution is 6.33. The lowest BCUT2D eigenvalue weighted by Crippen LogP contribution is -2.25. The van der Waals surface area contributed by atoms with E-state index in [4.69, 9.17) is 42.5 Å². The van der Waals surface area contributed by atoms with Crippen molar-refractivity contribution < 1.29 is 28.9 Å². The molecule has 4 aromatic rings. The van der Waals surface area contributed by atoms with Gasteiger partial charge >= 0.3 is 6.16 Å². The molecule has 8 nitrogen and oxygen atoms in total. The number of aromatic nitrogens is 1. The molecular weight excluding hydrogens is 555 g/mol. The van der Waals surface area contributed by atoms with Gasteiger partial charge in [0.25, 0.3) is 5.91 Å². The molecule has 2 N–H and O–H groups in total. The van der Waals surface area contributed by atoms with E-state index in [0.29, 0.717) is 59.4 Å². The number of nitrogens with zero attached hydrogens (tertiary/aromatic N) is 1. The molecule has 2 heterocycles. The second kappa shape index (κ2) is 12.3. The fraction of sp³-hybridized carbons (Fsp3) is 0.167. The Kier molecular flexibility index (Phi) is 8.38. The van der Waals surface area contributed by atoms with Gasteiger partial charge in [-0.15, -0.1) is 0 Å². The van der Waals surface area contributed by atoms with Crippen LogP contribution in [-0.2, 0) is 11.2 Å². The van der Waals surface area contributed by atoms with Gasteiger partial charge in [-0.25, -0.2) is 4.79 Å². The van der Waals surface area contributed by atoms with Gasteiger partial charge in [0.05, 0.1) is 17.3 Å². The van der Waals surface area contributed by atoms with Gasteiger partial charge in [-0.3, -0.25) is 9.78 Å². The molecule has 0 saturated heterocycles. The van der Waals surface area contributed by atoms with E-state index in [9.17, 15) is 9.59 Å². The lowest BCUT2D eigenvalue weighted by Gasteiger charge is -2.25. The van der Waals surface area contributed by atoms with Gasteiger partial charge in [0, 0.05) is 52.9 Å². The Morgan fingerprint density at radius 3 is 2.58 bits per heavy atom. The first-order valence-corrected chi connectivity index (χ1v) is 13.3. The van der Waals surface area contributed by atoms with E-state index in [2.05, 4.69) is 10.3 Å². The summed E-state index contributed by atoms with van der Waals surface area (Å²) in [6, 6.07) is 23.1. The number of nitrogens with one attached hydrogen (secondary N) is 1. The number of fused-ring (bicyclic) bond motifs is 1. The molecule has 0 spiro atoms. The fourth-order valence-electron chi connectivity index (χ4n) is 4.33. The number of hydrogen-bond acceptors (Lipinski definition) is 6. The van der Waals surface area contributed by atoms with Crippen LogP contribution in [0.25, 0.3) is 11.3 Å². The SMILES string of the molecule is O=C(O)OC1CCOc2cc(Oc3ccc(C(=O)NCCc4cccc(-c5ccccc5Cl)n4)cc3)c(Cl)cc21. The molecule has 204 valence electrons. The lowest BCUT2D eigenvalue weighted by molar-refractivity contribution is 0.0326. The predicted molar refractivity (Wildman–Crippen MR) is 151 cm³/mol.